The number of hydrogen-bond donors (Lipinski definition) is 1. The highest BCUT2D eigenvalue weighted by Gasteiger charge is 2.39. The predicted octanol–water partition coefficient (Wildman–Crippen LogP) is 2.28. The third-order valence-electron chi connectivity index (χ3n) is 3.74. The monoisotopic (exact) mass is 319 g/mol. The van der Waals surface area contributed by atoms with Crippen LogP contribution in [0.4, 0.5) is 5.69 Å². The Morgan fingerprint density at radius 1 is 1.27 bits per heavy atom. The molecule has 22 heavy (non-hydrogen) atoms. The Hall–Kier alpha value is -2.28. The van der Waals surface area contributed by atoms with Gasteiger partial charge in [-0.25, -0.2) is 8.42 Å². The van der Waals surface area contributed by atoms with E-state index in [4.69, 9.17) is 0 Å². The van der Waals surface area contributed by atoms with Crippen LogP contribution < -0.4 is 4.31 Å². The van der Waals surface area contributed by atoms with Crippen LogP contribution in [0.3, 0.4) is 0 Å². The van der Waals surface area contributed by atoms with Gasteiger partial charge in [0.15, 0.2) is 11.5 Å². The highest BCUT2D eigenvalue weighted by molar-refractivity contribution is 8.02. The van der Waals surface area contributed by atoms with Gasteiger partial charge in [-0.3, -0.25) is 8.99 Å². The molecule has 0 amide bonds. The number of benzene rings is 1. The summed E-state index contributed by atoms with van der Waals surface area (Å²) in [6.07, 6.45) is 1.60. The fourth-order valence-electron chi connectivity index (χ4n) is 2.73. The van der Waals surface area contributed by atoms with Crippen LogP contribution in [-0.2, 0) is 17.1 Å². The number of hydrogen-bond acceptors (Lipinski definition) is 4. The summed E-state index contributed by atoms with van der Waals surface area (Å²) in [5.74, 6) is -0.297. The van der Waals surface area contributed by atoms with Crippen molar-refractivity contribution in [1.82, 2.24) is 9.78 Å². The van der Waals surface area contributed by atoms with E-state index in [1.807, 2.05) is 19.1 Å². The maximum Gasteiger partial charge on any atom is 0.268 e. The second kappa shape index (κ2) is 4.88. The molecule has 1 aliphatic heterocycles. The van der Waals surface area contributed by atoms with Crippen molar-refractivity contribution in [1.29, 1.82) is 0 Å². The number of sulfonamides is 1. The van der Waals surface area contributed by atoms with Crippen molar-refractivity contribution in [2.45, 2.75) is 13.8 Å². The molecule has 2 aromatic rings. The van der Waals surface area contributed by atoms with E-state index in [0.717, 1.165) is 5.56 Å². The molecule has 1 aromatic carbocycles. The third kappa shape index (κ3) is 1.93. The van der Waals surface area contributed by atoms with Gasteiger partial charge in [0.25, 0.3) is 10.0 Å². The molecule has 0 bridgehead atoms. The average molecular weight is 319 g/mol. The van der Waals surface area contributed by atoms with Gasteiger partial charge in [-0.1, -0.05) is 24.3 Å². The van der Waals surface area contributed by atoms with E-state index < -0.39 is 10.0 Å². The molecule has 7 heteroatoms. The highest BCUT2D eigenvalue weighted by atomic mass is 32.2. The summed E-state index contributed by atoms with van der Waals surface area (Å²) in [6.45, 7) is 3.84. The van der Waals surface area contributed by atoms with Gasteiger partial charge in [0.05, 0.1) is 0 Å². The molecule has 0 saturated carbocycles. The number of aryl methyl sites for hydroxylation is 2. The molecule has 0 unspecified atom stereocenters. The first-order valence-corrected chi connectivity index (χ1v) is 8.38. The zero-order valence-electron chi connectivity index (χ0n) is 12.6. The summed E-state index contributed by atoms with van der Waals surface area (Å²) in [7, 11) is -2.14. The Kier molecular flexibility index (Phi) is 3.25. The van der Waals surface area contributed by atoms with Crippen molar-refractivity contribution in [2.24, 2.45) is 7.05 Å². The van der Waals surface area contributed by atoms with E-state index in [9.17, 15) is 13.5 Å². The Morgan fingerprint density at radius 3 is 2.59 bits per heavy atom. The van der Waals surface area contributed by atoms with Gasteiger partial charge in [-0.05, 0) is 19.4 Å². The molecular formula is C15H17N3O3S. The van der Waals surface area contributed by atoms with Crippen LogP contribution in [0.5, 0.6) is 0 Å². The number of rotatable bonds is 2. The molecule has 6 nitrogen and oxygen atoms in total. The Morgan fingerprint density at radius 2 is 1.95 bits per heavy atom. The second-order valence-electron chi connectivity index (χ2n) is 5.20. The van der Waals surface area contributed by atoms with Crippen molar-refractivity contribution >= 4 is 26.4 Å². The van der Waals surface area contributed by atoms with Gasteiger partial charge in [-0.15, -0.1) is 0 Å². The molecule has 1 aromatic heterocycles. The second-order valence-corrected chi connectivity index (χ2v) is 7.00. The molecule has 0 fully saturated rings. The van der Waals surface area contributed by atoms with Crippen LogP contribution >= 0.6 is 0 Å². The van der Waals surface area contributed by atoms with Gasteiger partial charge in [0.2, 0.25) is 0 Å². The van der Waals surface area contributed by atoms with Crippen molar-refractivity contribution in [3.05, 3.63) is 47.3 Å². The SMILES string of the molecule is CCN1c2cn(C)nc2C(O)=C(c2ccccc2C)S1(=O)=O. The van der Waals surface area contributed by atoms with E-state index in [0.29, 0.717) is 11.3 Å². The lowest BCUT2D eigenvalue weighted by Crippen LogP contribution is -2.34. The number of anilines is 1. The minimum atomic E-state index is -3.83. The molecule has 0 spiro atoms. The minimum absolute atomic E-state index is 0.0846. The zero-order valence-corrected chi connectivity index (χ0v) is 13.4. The van der Waals surface area contributed by atoms with Crippen LogP contribution in [0, 0.1) is 6.92 Å². The van der Waals surface area contributed by atoms with Gasteiger partial charge in [-0.2, -0.15) is 5.10 Å². The normalized spacial score (nSPS) is 16.8. The van der Waals surface area contributed by atoms with Crippen LogP contribution in [0.15, 0.2) is 30.5 Å². The highest BCUT2D eigenvalue weighted by Crippen LogP contribution is 2.42. The molecule has 1 aliphatic rings. The fraction of sp³-hybridized carbons (Fsp3) is 0.267. The van der Waals surface area contributed by atoms with Crippen molar-refractivity contribution in [2.75, 3.05) is 10.8 Å². The average Bonchev–Trinajstić information content (AvgIpc) is 2.82. The van der Waals surface area contributed by atoms with E-state index in [1.54, 1.807) is 32.3 Å². The van der Waals surface area contributed by atoms with Crippen LogP contribution in [-0.4, -0.2) is 29.8 Å². The lowest BCUT2D eigenvalue weighted by Gasteiger charge is -2.28. The Labute approximate surface area is 129 Å². The van der Waals surface area contributed by atoms with Crippen molar-refractivity contribution in [3.8, 4) is 0 Å². The smallest absolute Gasteiger partial charge is 0.268 e. The molecule has 1 N–H and O–H groups in total. The molecule has 2 heterocycles. The first-order valence-electron chi connectivity index (χ1n) is 6.94. The number of fused-ring (bicyclic) bond motifs is 1. The largest absolute Gasteiger partial charge is 0.504 e. The Balaban J connectivity index is 2.39. The van der Waals surface area contributed by atoms with Gasteiger partial charge in [0.1, 0.15) is 10.6 Å². The molecule has 0 aliphatic carbocycles. The van der Waals surface area contributed by atoms with E-state index in [1.165, 1.54) is 8.99 Å². The maximum atomic E-state index is 13.0. The summed E-state index contributed by atoms with van der Waals surface area (Å²) >= 11 is 0. The number of aliphatic hydroxyl groups excluding tert-OH is 1. The van der Waals surface area contributed by atoms with E-state index in [2.05, 4.69) is 5.10 Å². The molecule has 0 atom stereocenters. The maximum absolute atomic E-state index is 13.0. The summed E-state index contributed by atoms with van der Waals surface area (Å²) in [6, 6.07) is 7.09. The zero-order chi connectivity index (χ0) is 16.1. The van der Waals surface area contributed by atoms with Crippen molar-refractivity contribution < 1.29 is 13.5 Å². The summed E-state index contributed by atoms with van der Waals surface area (Å²) in [4.78, 5) is -0.0846. The summed E-state index contributed by atoms with van der Waals surface area (Å²) < 4.78 is 28.7. The van der Waals surface area contributed by atoms with E-state index >= 15 is 0 Å². The first kappa shape index (κ1) is 14.6. The Bertz CT molecular complexity index is 881. The standard InChI is InChI=1S/C15H17N3O3S/c1-4-18-12-9-17(3)16-13(12)14(19)15(22(18,20)21)11-8-6-5-7-10(11)2/h5-9,19H,4H2,1-3H3. The lowest BCUT2D eigenvalue weighted by atomic mass is 10.1. The van der Waals surface area contributed by atoms with Gasteiger partial charge < -0.3 is 5.11 Å². The molecule has 0 radical (unpaired) electrons. The molecule has 116 valence electrons. The summed E-state index contributed by atoms with van der Waals surface area (Å²) in [5.41, 5.74) is 1.97. The topological polar surface area (TPSA) is 75.4 Å². The van der Waals surface area contributed by atoms with E-state index in [-0.39, 0.29) is 22.9 Å². The number of nitrogens with zero attached hydrogens (tertiary/aromatic N) is 3. The first-order chi connectivity index (χ1) is 10.4. The number of aromatic nitrogens is 2. The third-order valence-corrected chi connectivity index (χ3v) is 5.71. The minimum Gasteiger partial charge on any atom is -0.504 e. The molecule has 0 saturated heterocycles. The summed E-state index contributed by atoms with van der Waals surface area (Å²) in [5, 5.41) is 14.8. The van der Waals surface area contributed by atoms with Crippen LogP contribution in [0.25, 0.3) is 10.7 Å². The van der Waals surface area contributed by atoms with Crippen LogP contribution in [0.2, 0.25) is 0 Å². The number of aliphatic hydroxyl groups is 1. The molecule has 3 rings (SSSR count). The fourth-order valence-corrected chi connectivity index (χ4v) is 4.53. The lowest BCUT2D eigenvalue weighted by molar-refractivity contribution is 0.507. The molecular weight excluding hydrogens is 302 g/mol. The quantitative estimate of drug-likeness (QED) is 0.921. The predicted molar refractivity (Wildman–Crippen MR) is 85.8 cm³/mol. The van der Waals surface area contributed by atoms with Gasteiger partial charge >= 0.3 is 0 Å². The van der Waals surface area contributed by atoms with Gasteiger partial charge in [0, 0.05) is 25.4 Å². The van der Waals surface area contributed by atoms with Crippen molar-refractivity contribution in [3.63, 3.8) is 0 Å². The van der Waals surface area contributed by atoms with Crippen LogP contribution in [0.1, 0.15) is 23.7 Å².